The number of carbonyl (C=O) groups excluding carboxylic acids is 2. The summed E-state index contributed by atoms with van der Waals surface area (Å²) in [4.78, 5) is 26.3. The van der Waals surface area contributed by atoms with Crippen LogP contribution >= 0.6 is 23.2 Å². The van der Waals surface area contributed by atoms with Crippen LogP contribution in [0.4, 0.5) is 11.4 Å². The molecule has 1 aliphatic heterocycles. The van der Waals surface area contributed by atoms with Crippen LogP contribution in [0.3, 0.4) is 0 Å². The molecule has 0 spiro atoms. The molecular weight excluding hydrogens is 335 g/mol. The van der Waals surface area contributed by atoms with Gasteiger partial charge >= 0.3 is 0 Å². The van der Waals surface area contributed by atoms with Crippen molar-refractivity contribution >= 4 is 46.4 Å². The Morgan fingerprint density at radius 3 is 2.52 bits per heavy atom. The summed E-state index contributed by atoms with van der Waals surface area (Å²) >= 11 is 11.8. The summed E-state index contributed by atoms with van der Waals surface area (Å²) in [7, 11) is 0. The molecule has 1 saturated heterocycles. The van der Waals surface area contributed by atoms with E-state index in [1.165, 1.54) is 0 Å². The van der Waals surface area contributed by atoms with Gasteiger partial charge in [0.05, 0.1) is 10.0 Å². The summed E-state index contributed by atoms with van der Waals surface area (Å²) in [6.45, 7) is 0. The Morgan fingerprint density at radius 2 is 1.83 bits per heavy atom. The monoisotopic (exact) mass is 348 g/mol. The zero-order chi connectivity index (χ0) is 16.4. The van der Waals surface area contributed by atoms with Crippen molar-refractivity contribution in [3.8, 4) is 0 Å². The van der Waals surface area contributed by atoms with E-state index in [0.717, 1.165) is 5.69 Å². The fourth-order valence-corrected chi connectivity index (χ4v) is 2.94. The van der Waals surface area contributed by atoms with Gasteiger partial charge in [-0.3, -0.25) is 14.5 Å². The maximum absolute atomic E-state index is 12.6. The Hall–Kier alpha value is -2.04. The fraction of sp³-hybridized carbons (Fsp3) is 0.176. The Morgan fingerprint density at radius 1 is 1.09 bits per heavy atom. The second-order valence-electron chi connectivity index (χ2n) is 5.27. The van der Waals surface area contributed by atoms with Crippen LogP contribution in [0.5, 0.6) is 0 Å². The summed E-state index contributed by atoms with van der Waals surface area (Å²) in [6.07, 6.45) is 0.842. The lowest BCUT2D eigenvalue weighted by atomic mass is 10.2. The van der Waals surface area contributed by atoms with Crippen molar-refractivity contribution in [2.24, 2.45) is 0 Å². The number of halogens is 2. The molecule has 0 radical (unpaired) electrons. The van der Waals surface area contributed by atoms with E-state index in [9.17, 15) is 9.59 Å². The van der Waals surface area contributed by atoms with Crippen molar-refractivity contribution < 1.29 is 9.59 Å². The number of nitrogens with zero attached hydrogens (tertiary/aromatic N) is 1. The van der Waals surface area contributed by atoms with Crippen molar-refractivity contribution in [2.75, 3.05) is 10.2 Å². The molecule has 1 atom stereocenters. The first-order valence-electron chi connectivity index (χ1n) is 7.19. The number of para-hydroxylation sites is 1. The van der Waals surface area contributed by atoms with Gasteiger partial charge in [0.1, 0.15) is 6.04 Å². The molecule has 6 heteroatoms. The van der Waals surface area contributed by atoms with Gasteiger partial charge < -0.3 is 5.32 Å². The number of benzene rings is 2. The average molecular weight is 349 g/mol. The van der Waals surface area contributed by atoms with Gasteiger partial charge in [-0.1, -0.05) is 41.4 Å². The fourth-order valence-electron chi connectivity index (χ4n) is 2.64. The van der Waals surface area contributed by atoms with Gasteiger partial charge in [-0.15, -0.1) is 0 Å². The highest BCUT2D eigenvalue weighted by Gasteiger charge is 2.37. The van der Waals surface area contributed by atoms with E-state index < -0.39 is 6.04 Å². The first-order chi connectivity index (χ1) is 11.1. The maximum Gasteiger partial charge on any atom is 0.247 e. The van der Waals surface area contributed by atoms with Crippen molar-refractivity contribution in [3.05, 3.63) is 58.6 Å². The van der Waals surface area contributed by atoms with Gasteiger partial charge in [-0.25, -0.2) is 0 Å². The molecule has 4 nitrogen and oxygen atoms in total. The van der Waals surface area contributed by atoms with E-state index >= 15 is 0 Å². The Kier molecular flexibility index (Phi) is 4.55. The Labute approximate surface area is 144 Å². The van der Waals surface area contributed by atoms with Crippen molar-refractivity contribution in [2.45, 2.75) is 18.9 Å². The van der Waals surface area contributed by atoms with E-state index in [1.807, 2.05) is 30.3 Å². The third-order valence-electron chi connectivity index (χ3n) is 3.74. The van der Waals surface area contributed by atoms with Gasteiger partial charge in [-0.2, -0.15) is 0 Å². The van der Waals surface area contributed by atoms with Crippen molar-refractivity contribution in [1.82, 2.24) is 0 Å². The molecule has 1 heterocycles. The molecule has 0 aromatic heterocycles. The number of hydrogen-bond donors (Lipinski definition) is 1. The molecule has 0 saturated carbocycles. The van der Waals surface area contributed by atoms with Gasteiger partial charge in [0.2, 0.25) is 11.8 Å². The number of hydrogen-bond acceptors (Lipinski definition) is 2. The first kappa shape index (κ1) is 15.8. The SMILES string of the molecule is O=C(Nc1ccc(Cl)c(Cl)c1)C1CCC(=O)N1c1ccccc1. The minimum Gasteiger partial charge on any atom is -0.324 e. The van der Waals surface area contributed by atoms with Crippen molar-refractivity contribution in [3.63, 3.8) is 0 Å². The smallest absolute Gasteiger partial charge is 0.247 e. The standard InChI is InChI=1S/C17H14Cl2N2O2/c18-13-7-6-11(10-14(13)19)20-17(23)15-8-9-16(22)21(15)12-4-2-1-3-5-12/h1-7,10,15H,8-9H2,(H,20,23). The van der Waals surface area contributed by atoms with Gasteiger partial charge in [0.25, 0.3) is 0 Å². The van der Waals surface area contributed by atoms with Crippen LogP contribution in [0.15, 0.2) is 48.5 Å². The van der Waals surface area contributed by atoms with Gasteiger partial charge in [-0.05, 0) is 36.8 Å². The summed E-state index contributed by atoms with van der Waals surface area (Å²) in [5.41, 5.74) is 1.28. The number of rotatable bonds is 3. The summed E-state index contributed by atoms with van der Waals surface area (Å²) in [5, 5.41) is 3.59. The first-order valence-corrected chi connectivity index (χ1v) is 7.95. The minimum atomic E-state index is -0.528. The maximum atomic E-state index is 12.6. The molecule has 1 fully saturated rings. The molecular formula is C17H14Cl2N2O2. The molecule has 3 rings (SSSR count). The third-order valence-corrected chi connectivity index (χ3v) is 4.48. The number of anilines is 2. The van der Waals surface area contributed by atoms with Crippen LogP contribution in [0.1, 0.15) is 12.8 Å². The second kappa shape index (κ2) is 6.60. The molecule has 1 aliphatic rings. The zero-order valence-electron chi connectivity index (χ0n) is 12.1. The predicted octanol–water partition coefficient (Wildman–Crippen LogP) is 4.13. The molecule has 1 N–H and O–H groups in total. The lowest BCUT2D eigenvalue weighted by Gasteiger charge is -2.24. The Bertz CT molecular complexity index is 750. The molecule has 2 aromatic rings. The average Bonchev–Trinajstić information content (AvgIpc) is 2.93. The van der Waals surface area contributed by atoms with E-state index in [2.05, 4.69) is 5.32 Å². The molecule has 2 aromatic carbocycles. The van der Waals surface area contributed by atoms with Gasteiger partial charge in [0.15, 0.2) is 0 Å². The van der Waals surface area contributed by atoms with Crippen LogP contribution < -0.4 is 10.2 Å². The molecule has 118 valence electrons. The largest absolute Gasteiger partial charge is 0.324 e. The number of nitrogens with one attached hydrogen (secondary N) is 1. The number of carbonyl (C=O) groups is 2. The lowest BCUT2D eigenvalue weighted by molar-refractivity contribution is -0.120. The second-order valence-corrected chi connectivity index (χ2v) is 6.09. The van der Waals surface area contributed by atoms with E-state index in [1.54, 1.807) is 23.1 Å². The molecule has 1 unspecified atom stereocenters. The highest BCUT2D eigenvalue weighted by Crippen LogP contribution is 2.29. The minimum absolute atomic E-state index is 0.0505. The van der Waals surface area contributed by atoms with Crippen LogP contribution in [-0.4, -0.2) is 17.9 Å². The summed E-state index contributed by atoms with van der Waals surface area (Å²) < 4.78 is 0. The molecule has 0 bridgehead atoms. The Balaban J connectivity index is 1.80. The zero-order valence-corrected chi connectivity index (χ0v) is 13.6. The normalized spacial score (nSPS) is 17.4. The topological polar surface area (TPSA) is 49.4 Å². The lowest BCUT2D eigenvalue weighted by Crippen LogP contribution is -2.41. The van der Waals surface area contributed by atoms with Crippen LogP contribution in [-0.2, 0) is 9.59 Å². The van der Waals surface area contributed by atoms with Crippen LogP contribution in [0.2, 0.25) is 10.0 Å². The van der Waals surface area contributed by atoms with E-state index in [-0.39, 0.29) is 11.8 Å². The number of amides is 2. The molecule has 0 aliphatic carbocycles. The molecule has 23 heavy (non-hydrogen) atoms. The predicted molar refractivity (Wildman–Crippen MR) is 92.0 cm³/mol. The van der Waals surface area contributed by atoms with E-state index in [0.29, 0.717) is 28.6 Å². The van der Waals surface area contributed by atoms with Crippen LogP contribution in [0, 0.1) is 0 Å². The highest BCUT2D eigenvalue weighted by atomic mass is 35.5. The van der Waals surface area contributed by atoms with E-state index in [4.69, 9.17) is 23.2 Å². The van der Waals surface area contributed by atoms with Crippen molar-refractivity contribution in [1.29, 1.82) is 0 Å². The van der Waals surface area contributed by atoms with Gasteiger partial charge in [0, 0.05) is 17.8 Å². The third kappa shape index (κ3) is 3.33. The summed E-state index contributed by atoms with van der Waals surface area (Å²) in [5.74, 6) is -0.288. The highest BCUT2D eigenvalue weighted by molar-refractivity contribution is 6.42. The van der Waals surface area contributed by atoms with Crippen LogP contribution in [0.25, 0.3) is 0 Å². The summed E-state index contributed by atoms with van der Waals surface area (Å²) in [6, 6.07) is 13.6. The quantitative estimate of drug-likeness (QED) is 0.906. The molecule has 2 amide bonds.